The Labute approximate surface area is 102 Å². The third-order valence-corrected chi connectivity index (χ3v) is 3.29. The van der Waals surface area contributed by atoms with E-state index >= 15 is 0 Å². The van der Waals surface area contributed by atoms with Crippen molar-refractivity contribution < 1.29 is 14.7 Å². The number of carbonyl (C=O) groups is 2. The number of hydrogen-bond acceptors (Lipinski definition) is 3. The Balaban J connectivity index is 2.53. The lowest BCUT2D eigenvalue weighted by atomic mass is 9.97. The largest absolute Gasteiger partial charge is 0.480 e. The molecule has 1 aliphatic heterocycles. The predicted octanol–water partition coefficient (Wildman–Crippen LogP) is 0.792. The highest BCUT2D eigenvalue weighted by Gasteiger charge is 2.29. The maximum atomic E-state index is 12.1. The Hall–Kier alpha value is -1.10. The van der Waals surface area contributed by atoms with Crippen molar-refractivity contribution >= 4 is 11.9 Å². The van der Waals surface area contributed by atoms with Crippen LogP contribution in [0.5, 0.6) is 0 Å². The monoisotopic (exact) mass is 242 g/mol. The van der Waals surface area contributed by atoms with E-state index in [2.05, 4.69) is 13.8 Å². The number of carbonyl (C=O) groups excluding carboxylic acids is 1. The Kier molecular flexibility index (Phi) is 4.93. The molecule has 1 fully saturated rings. The summed E-state index contributed by atoms with van der Waals surface area (Å²) in [5, 5.41) is 8.64. The molecule has 0 spiro atoms. The van der Waals surface area contributed by atoms with Crippen molar-refractivity contribution in [3.63, 3.8) is 0 Å². The molecule has 0 saturated carbocycles. The number of piperidine rings is 1. The van der Waals surface area contributed by atoms with Crippen LogP contribution in [0, 0.1) is 0 Å². The SMILES string of the molecule is CC1CCCC(C)N1C(=O)CN(C)CC(=O)O. The normalized spacial score (nSPS) is 25.1. The molecule has 0 aliphatic carbocycles. The first-order valence-corrected chi connectivity index (χ1v) is 6.13. The molecule has 0 radical (unpaired) electrons. The second-order valence-corrected chi connectivity index (χ2v) is 5.00. The zero-order valence-corrected chi connectivity index (χ0v) is 10.8. The summed E-state index contributed by atoms with van der Waals surface area (Å²) in [7, 11) is 1.66. The van der Waals surface area contributed by atoms with E-state index in [4.69, 9.17) is 5.11 Å². The van der Waals surface area contributed by atoms with Crippen LogP contribution >= 0.6 is 0 Å². The number of aliphatic carboxylic acids is 1. The highest BCUT2D eigenvalue weighted by atomic mass is 16.4. The van der Waals surface area contributed by atoms with Crippen molar-refractivity contribution in [1.29, 1.82) is 0 Å². The summed E-state index contributed by atoms with van der Waals surface area (Å²) in [6.07, 6.45) is 3.24. The van der Waals surface area contributed by atoms with Crippen LogP contribution in [0.3, 0.4) is 0 Å². The fraction of sp³-hybridized carbons (Fsp3) is 0.833. The Bertz CT molecular complexity index is 283. The Morgan fingerprint density at radius 2 is 1.76 bits per heavy atom. The smallest absolute Gasteiger partial charge is 0.317 e. The van der Waals surface area contributed by atoms with Gasteiger partial charge < -0.3 is 10.0 Å². The summed E-state index contributed by atoms with van der Waals surface area (Å²) in [4.78, 5) is 26.1. The van der Waals surface area contributed by atoms with E-state index in [1.165, 1.54) is 0 Å². The van der Waals surface area contributed by atoms with Crippen molar-refractivity contribution in [2.45, 2.75) is 45.2 Å². The standard InChI is InChI=1S/C12H22N2O3/c1-9-5-4-6-10(2)14(9)11(15)7-13(3)8-12(16)17/h9-10H,4-8H2,1-3H3,(H,16,17). The van der Waals surface area contributed by atoms with E-state index in [-0.39, 0.29) is 31.1 Å². The van der Waals surface area contributed by atoms with Gasteiger partial charge in [-0.25, -0.2) is 0 Å². The van der Waals surface area contributed by atoms with Crippen LogP contribution in [0.15, 0.2) is 0 Å². The van der Waals surface area contributed by atoms with E-state index < -0.39 is 5.97 Å². The van der Waals surface area contributed by atoms with Crippen molar-refractivity contribution in [2.75, 3.05) is 20.1 Å². The summed E-state index contributed by atoms with van der Waals surface area (Å²) in [6.45, 7) is 4.21. The molecule has 0 aromatic rings. The fourth-order valence-electron chi connectivity index (χ4n) is 2.51. The average Bonchev–Trinajstić information content (AvgIpc) is 2.15. The Morgan fingerprint density at radius 3 is 2.24 bits per heavy atom. The molecule has 1 N–H and O–H groups in total. The van der Waals surface area contributed by atoms with Crippen LogP contribution in [-0.4, -0.2) is 59.0 Å². The molecule has 1 saturated heterocycles. The minimum atomic E-state index is -0.903. The van der Waals surface area contributed by atoms with Gasteiger partial charge in [0.2, 0.25) is 5.91 Å². The molecule has 0 bridgehead atoms. The van der Waals surface area contributed by atoms with E-state index in [1.807, 2.05) is 4.90 Å². The lowest BCUT2D eigenvalue weighted by Crippen LogP contribution is -2.51. The van der Waals surface area contributed by atoms with Gasteiger partial charge in [0.15, 0.2) is 0 Å². The lowest BCUT2D eigenvalue weighted by molar-refractivity contribution is -0.141. The van der Waals surface area contributed by atoms with Gasteiger partial charge in [-0.3, -0.25) is 14.5 Å². The van der Waals surface area contributed by atoms with Crippen LogP contribution in [-0.2, 0) is 9.59 Å². The highest BCUT2D eigenvalue weighted by molar-refractivity contribution is 5.79. The molecule has 2 unspecified atom stereocenters. The maximum absolute atomic E-state index is 12.1. The fourth-order valence-corrected chi connectivity index (χ4v) is 2.51. The summed E-state index contributed by atoms with van der Waals surface area (Å²) in [5.74, 6) is -0.867. The van der Waals surface area contributed by atoms with Crippen LogP contribution < -0.4 is 0 Å². The highest BCUT2D eigenvalue weighted by Crippen LogP contribution is 2.22. The molecule has 2 atom stereocenters. The maximum Gasteiger partial charge on any atom is 0.317 e. The van der Waals surface area contributed by atoms with Gasteiger partial charge in [-0.1, -0.05) is 0 Å². The number of carboxylic acids is 1. The van der Waals surface area contributed by atoms with E-state index in [9.17, 15) is 9.59 Å². The molecule has 0 aromatic carbocycles. The molecule has 1 heterocycles. The molecule has 17 heavy (non-hydrogen) atoms. The number of nitrogens with zero attached hydrogens (tertiary/aromatic N) is 2. The third-order valence-electron chi connectivity index (χ3n) is 3.29. The van der Waals surface area contributed by atoms with Gasteiger partial charge in [-0.2, -0.15) is 0 Å². The van der Waals surface area contributed by atoms with Gasteiger partial charge in [0, 0.05) is 12.1 Å². The minimum absolute atomic E-state index is 0.0356. The molecule has 1 amide bonds. The number of likely N-dealkylation sites (tertiary alicyclic amines) is 1. The van der Waals surface area contributed by atoms with E-state index in [0.29, 0.717) is 0 Å². The molecule has 1 rings (SSSR count). The first kappa shape index (κ1) is 14.0. The molecule has 0 aromatic heterocycles. The number of carboxylic acid groups (broad SMARTS) is 1. The van der Waals surface area contributed by atoms with E-state index in [1.54, 1.807) is 11.9 Å². The summed E-state index contributed by atoms with van der Waals surface area (Å²) in [6, 6.07) is 0.536. The lowest BCUT2D eigenvalue weighted by Gasteiger charge is -2.39. The first-order valence-electron chi connectivity index (χ1n) is 6.13. The van der Waals surface area contributed by atoms with Crippen LogP contribution in [0.25, 0.3) is 0 Å². The van der Waals surface area contributed by atoms with Crippen molar-refractivity contribution in [3.05, 3.63) is 0 Å². The van der Waals surface area contributed by atoms with E-state index in [0.717, 1.165) is 19.3 Å². The molecular formula is C12H22N2O3. The zero-order valence-electron chi connectivity index (χ0n) is 10.8. The van der Waals surface area contributed by atoms with Gasteiger partial charge in [0.1, 0.15) is 0 Å². The topological polar surface area (TPSA) is 60.9 Å². The molecule has 1 aliphatic rings. The molecular weight excluding hydrogens is 220 g/mol. The third kappa shape index (κ3) is 4.00. The Morgan fingerprint density at radius 1 is 1.24 bits per heavy atom. The average molecular weight is 242 g/mol. The summed E-state index contributed by atoms with van der Waals surface area (Å²) in [5.41, 5.74) is 0. The van der Waals surface area contributed by atoms with Crippen molar-refractivity contribution in [2.24, 2.45) is 0 Å². The minimum Gasteiger partial charge on any atom is -0.480 e. The van der Waals surface area contributed by atoms with Gasteiger partial charge in [-0.05, 0) is 40.2 Å². The van der Waals surface area contributed by atoms with Crippen molar-refractivity contribution in [3.8, 4) is 0 Å². The quantitative estimate of drug-likeness (QED) is 0.792. The molecule has 5 heteroatoms. The van der Waals surface area contributed by atoms with Gasteiger partial charge in [-0.15, -0.1) is 0 Å². The van der Waals surface area contributed by atoms with Gasteiger partial charge in [0.25, 0.3) is 0 Å². The van der Waals surface area contributed by atoms with Crippen LogP contribution in [0.1, 0.15) is 33.1 Å². The van der Waals surface area contributed by atoms with Gasteiger partial charge in [0.05, 0.1) is 13.1 Å². The predicted molar refractivity (Wildman–Crippen MR) is 64.8 cm³/mol. The molecule has 98 valence electrons. The first-order chi connectivity index (χ1) is 7.91. The van der Waals surface area contributed by atoms with Crippen LogP contribution in [0.2, 0.25) is 0 Å². The van der Waals surface area contributed by atoms with Gasteiger partial charge >= 0.3 is 5.97 Å². The number of hydrogen-bond donors (Lipinski definition) is 1. The second kappa shape index (κ2) is 6.00. The number of likely N-dealkylation sites (N-methyl/N-ethyl adjacent to an activating group) is 1. The zero-order chi connectivity index (χ0) is 13.0. The second-order valence-electron chi connectivity index (χ2n) is 5.00. The summed E-state index contributed by atoms with van der Waals surface area (Å²) < 4.78 is 0. The molecule has 5 nitrogen and oxygen atoms in total. The van der Waals surface area contributed by atoms with Crippen molar-refractivity contribution in [1.82, 2.24) is 9.80 Å². The number of amides is 1. The summed E-state index contributed by atoms with van der Waals surface area (Å²) >= 11 is 0. The van der Waals surface area contributed by atoms with Crippen LogP contribution in [0.4, 0.5) is 0 Å². The number of rotatable bonds is 4.